The molecule has 0 aliphatic rings. The fraction of sp³-hybridized carbons (Fsp3) is 0.294. The van der Waals surface area contributed by atoms with Gasteiger partial charge in [-0.3, -0.25) is 0 Å². The van der Waals surface area contributed by atoms with Crippen molar-refractivity contribution < 1.29 is 9.47 Å². The number of rotatable bonds is 6. The molecule has 0 spiro atoms. The highest BCUT2D eigenvalue weighted by atomic mass is 35.5. The zero-order valence-corrected chi connectivity index (χ0v) is 13.0. The average molecular weight is 306 g/mol. The maximum absolute atomic E-state index is 6.06. The summed E-state index contributed by atoms with van der Waals surface area (Å²) in [6.07, 6.45) is -0.263. The third-order valence-electron chi connectivity index (χ3n) is 3.03. The molecule has 21 heavy (non-hydrogen) atoms. The first kappa shape index (κ1) is 15.7. The molecule has 2 rings (SSSR count). The average Bonchev–Trinajstić information content (AvgIpc) is 2.45. The van der Waals surface area contributed by atoms with Crippen LogP contribution in [0, 0.1) is 0 Å². The van der Waals surface area contributed by atoms with Crippen molar-refractivity contribution in [3.63, 3.8) is 0 Å². The van der Waals surface area contributed by atoms with Crippen molar-refractivity contribution in [2.45, 2.75) is 26.0 Å². The molecule has 0 bridgehead atoms. The van der Waals surface area contributed by atoms with E-state index in [1.807, 2.05) is 62.4 Å². The fourth-order valence-corrected chi connectivity index (χ4v) is 2.31. The molecule has 112 valence electrons. The predicted octanol–water partition coefficient (Wildman–Crippen LogP) is 4.21. The van der Waals surface area contributed by atoms with Gasteiger partial charge in [0.1, 0.15) is 17.6 Å². The molecular weight excluding hydrogens is 286 g/mol. The van der Waals surface area contributed by atoms with Crippen LogP contribution in [0.3, 0.4) is 0 Å². The molecular formula is C17H20ClNO2. The molecule has 2 aromatic carbocycles. The van der Waals surface area contributed by atoms with Gasteiger partial charge in [0.2, 0.25) is 0 Å². The lowest BCUT2D eigenvalue weighted by atomic mass is 10.0. The molecule has 2 N–H and O–H groups in total. The molecule has 0 aliphatic carbocycles. The number of hydrogen-bond acceptors (Lipinski definition) is 3. The lowest BCUT2D eigenvalue weighted by molar-refractivity contribution is 0.179. The maximum Gasteiger partial charge on any atom is 0.139 e. The van der Waals surface area contributed by atoms with E-state index >= 15 is 0 Å². The second kappa shape index (κ2) is 7.34. The van der Waals surface area contributed by atoms with Crippen LogP contribution >= 0.6 is 11.6 Å². The Morgan fingerprint density at radius 2 is 1.81 bits per heavy atom. The standard InChI is InChI=1S/C17H20ClNO2/c1-3-20-15-8-5-9-16(11-15)21-17(12(2)19)13-6-4-7-14(18)10-13/h4-12,17H,3,19H2,1-2H3. The van der Waals surface area contributed by atoms with Crippen LogP contribution in [0.25, 0.3) is 0 Å². The molecule has 3 nitrogen and oxygen atoms in total. The third-order valence-corrected chi connectivity index (χ3v) is 3.27. The summed E-state index contributed by atoms with van der Waals surface area (Å²) in [5.41, 5.74) is 7.02. The van der Waals surface area contributed by atoms with Crippen molar-refractivity contribution in [2.24, 2.45) is 5.73 Å². The van der Waals surface area contributed by atoms with Gasteiger partial charge in [-0.25, -0.2) is 0 Å². The van der Waals surface area contributed by atoms with Crippen LogP contribution < -0.4 is 15.2 Å². The van der Waals surface area contributed by atoms with Crippen LogP contribution in [0.1, 0.15) is 25.5 Å². The molecule has 0 aromatic heterocycles. The van der Waals surface area contributed by atoms with Crippen molar-refractivity contribution in [1.29, 1.82) is 0 Å². The highest BCUT2D eigenvalue weighted by molar-refractivity contribution is 6.30. The predicted molar refractivity (Wildman–Crippen MR) is 86.1 cm³/mol. The minimum absolute atomic E-state index is 0.167. The van der Waals surface area contributed by atoms with Crippen molar-refractivity contribution in [3.05, 3.63) is 59.1 Å². The van der Waals surface area contributed by atoms with Crippen molar-refractivity contribution in [1.82, 2.24) is 0 Å². The summed E-state index contributed by atoms with van der Waals surface area (Å²) in [5.74, 6) is 1.51. The van der Waals surface area contributed by atoms with Crippen LogP contribution in [0.5, 0.6) is 11.5 Å². The lowest BCUT2D eigenvalue weighted by Crippen LogP contribution is -2.29. The van der Waals surface area contributed by atoms with Gasteiger partial charge in [-0.05, 0) is 43.7 Å². The summed E-state index contributed by atoms with van der Waals surface area (Å²) in [4.78, 5) is 0. The smallest absolute Gasteiger partial charge is 0.139 e. The first-order valence-electron chi connectivity index (χ1n) is 7.00. The Hall–Kier alpha value is -1.71. The molecule has 2 unspecified atom stereocenters. The van der Waals surface area contributed by atoms with Crippen molar-refractivity contribution in [3.8, 4) is 11.5 Å². The summed E-state index contributed by atoms with van der Waals surface area (Å²) >= 11 is 6.05. The third kappa shape index (κ3) is 4.38. The maximum atomic E-state index is 6.06. The SMILES string of the molecule is CCOc1cccc(OC(c2cccc(Cl)c2)C(C)N)c1. The van der Waals surface area contributed by atoms with Crippen LogP contribution in [0.4, 0.5) is 0 Å². The van der Waals surface area contributed by atoms with E-state index in [9.17, 15) is 0 Å². The van der Waals surface area contributed by atoms with Gasteiger partial charge >= 0.3 is 0 Å². The Labute approximate surface area is 130 Å². The van der Waals surface area contributed by atoms with E-state index in [1.54, 1.807) is 0 Å². The van der Waals surface area contributed by atoms with E-state index in [0.717, 1.165) is 17.1 Å². The Morgan fingerprint density at radius 1 is 1.10 bits per heavy atom. The summed E-state index contributed by atoms with van der Waals surface area (Å²) in [7, 11) is 0. The largest absolute Gasteiger partial charge is 0.494 e. The van der Waals surface area contributed by atoms with Crippen LogP contribution in [0.2, 0.25) is 5.02 Å². The Bertz CT molecular complexity index is 587. The van der Waals surface area contributed by atoms with Gasteiger partial charge in [0.25, 0.3) is 0 Å². The number of nitrogens with two attached hydrogens (primary N) is 1. The highest BCUT2D eigenvalue weighted by Gasteiger charge is 2.18. The van der Waals surface area contributed by atoms with Gasteiger partial charge in [-0.15, -0.1) is 0 Å². The number of halogens is 1. The lowest BCUT2D eigenvalue weighted by Gasteiger charge is -2.23. The number of benzene rings is 2. The Kier molecular flexibility index (Phi) is 5.48. The fourth-order valence-electron chi connectivity index (χ4n) is 2.11. The van der Waals surface area contributed by atoms with E-state index in [-0.39, 0.29) is 12.1 Å². The van der Waals surface area contributed by atoms with Crippen LogP contribution in [-0.4, -0.2) is 12.6 Å². The number of hydrogen-bond donors (Lipinski definition) is 1. The minimum atomic E-state index is -0.263. The molecule has 2 aromatic rings. The van der Waals surface area contributed by atoms with E-state index in [2.05, 4.69) is 0 Å². The molecule has 0 radical (unpaired) electrons. The molecule has 2 atom stereocenters. The van der Waals surface area contributed by atoms with E-state index < -0.39 is 0 Å². The summed E-state index contributed by atoms with van der Waals surface area (Å²) in [5, 5.41) is 0.671. The zero-order chi connectivity index (χ0) is 15.2. The number of ether oxygens (including phenoxy) is 2. The quantitative estimate of drug-likeness (QED) is 0.869. The van der Waals surface area contributed by atoms with Crippen LogP contribution in [0.15, 0.2) is 48.5 Å². The van der Waals surface area contributed by atoms with Crippen LogP contribution in [-0.2, 0) is 0 Å². The Morgan fingerprint density at radius 3 is 2.48 bits per heavy atom. The van der Waals surface area contributed by atoms with E-state index in [1.165, 1.54) is 0 Å². The first-order valence-corrected chi connectivity index (χ1v) is 7.38. The van der Waals surface area contributed by atoms with Gasteiger partial charge in [0.05, 0.1) is 6.61 Å². The van der Waals surface area contributed by atoms with Crippen molar-refractivity contribution >= 4 is 11.6 Å². The van der Waals surface area contributed by atoms with Gasteiger partial charge in [-0.2, -0.15) is 0 Å². The van der Waals surface area contributed by atoms with Gasteiger partial charge < -0.3 is 15.2 Å². The van der Waals surface area contributed by atoms with Gasteiger partial charge in [0.15, 0.2) is 0 Å². The molecule has 0 aliphatic heterocycles. The molecule has 0 saturated heterocycles. The van der Waals surface area contributed by atoms with E-state index in [4.69, 9.17) is 26.8 Å². The van der Waals surface area contributed by atoms with E-state index in [0.29, 0.717) is 11.6 Å². The normalized spacial score (nSPS) is 13.5. The highest BCUT2D eigenvalue weighted by Crippen LogP contribution is 2.28. The molecule has 0 fully saturated rings. The monoisotopic (exact) mass is 305 g/mol. The molecule has 0 heterocycles. The zero-order valence-electron chi connectivity index (χ0n) is 12.3. The van der Waals surface area contributed by atoms with Gasteiger partial charge in [-0.1, -0.05) is 29.8 Å². The summed E-state index contributed by atoms with van der Waals surface area (Å²) < 4.78 is 11.5. The van der Waals surface area contributed by atoms with Crippen molar-refractivity contribution in [2.75, 3.05) is 6.61 Å². The first-order chi connectivity index (χ1) is 10.1. The minimum Gasteiger partial charge on any atom is -0.494 e. The second-order valence-electron chi connectivity index (χ2n) is 4.86. The second-order valence-corrected chi connectivity index (χ2v) is 5.30. The molecule has 0 amide bonds. The Balaban J connectivity index is 2.22. The topological polar surface area (TPSA) is 44.5 Å². The summed E-state index contributed by atoms with van der Waals surface area (Å²) in [6, 6.07) is 15.0. The molecule has 4 heteroatoms. The van der Waals surface area contributed by atoms with Gasteiger partial charge in [0, 0.05) is 17.1 Å². The summed E-state index contributed by atoms with van der Waals surface area (Å²) in [6.45, 7) is 4.48. The molecule has 0 saturated carbocycles.